The van der Waals surface area contributed by atoms with E-state index in [1.54, 1.807) is 60.8 Å². The van der Waals surface area contributed by atoms with Crippen LogP contribution in [0.25, 0.3) is 11.1 Å². The van der Waals surface area contributed by atoms with Crippen molar-refractivity contribution >= 4 is 36.3 Å². The van der Waals surface area contributed by atoms with Gasteiger partial charge in [-0.2, -0.15) is 10.2 Å². The standard InChI is InChI=1S/C53H52N2O10/c1-3-50(56)62-31-13-7-5-11-29-60-44-22-18-39(19-23-44)52(58)64-46-26-28-49(65-53(59)40-20-24-45(25-21-40)61-30-12-6-8-14-32-63-51(57)4-2)43(35-46)37-55-54-36-38-17-27-48-42(33-38)34-41-15-9-10-16-47(41)48/h3-4,9-10,15-28,33,35-37H,1-2,5-8,11-14,29-32,34H2/b54-36+,55-37+. The molecule has 1 aliphatic rings. The Morgan fingerprint density at radius 1 is 0.508 bits per heavy atom. The predicted molar refractivity (Wildman–Crippen MR) is 249 cm³/mol. The van der Waals surface area contributed by atoms with Crippen molar-refractivity contribution < 1.29 is 47.6 Å². The molecule has 0 aromatic heterocycles. The number of unbranched alkanes of at least 4 members (excludes halogenated alkanes) is 6. The zero-order valence-electron chi connectivity index (χ0n) is 36.3. The van der Waals surface area contributed by atoms with Crippen LogP contribution in [0.5, 0.6) is 23.0 Å². The van der Waals surface area contributed by atoms with Crippen molar-refractivity contribution in [3.05, 3.63) is 168 Å². The van der Waals surface area contributed by atoms with Gasteiger partial charge in [-0.25, -0.2) is 19.2 Å². The number of esters is 4. The Morgan fingerprint density at radius 3 is 1.63 bits per heavy atom. The summed E-state index contributed by atoms with van der Waals surface area (Å²) in [6.07, 6.45) is 13.1. The Hall–Kier alpha value is -7.60. The van der Waals surface area contributed by atoms with Gasteiger partial charge in [0, 0.05) is 17.7 Å². The van der Waals surface area contributed by atoms with Crippen LogP contribution in [-0.2, 0) is 25.5 Å². The lowest BCUT2D eigenvalue weighted by Gasteiger charge is -2.11. The molecule has 1 aliphatic carbocycles. The fourth-order valence-corrected chi connectivity index (χ4v) is 6.88. The van der Waals surface area contributed by atoms with E-state index in [2.05, 4.69) is 47.6 Å². The fourth-order valence-electron chi connectivity index (χ4n) is 6.88. The van der Waals surface area contributed by atoms with Crippen LogP contribution < -0.4 is 18.9 Å². The number of carbonyl (C=O) groups is 4. The Morgan fingerprint density at radius 2 is 1.03 bits per heavy atom. The summed E-state index contributed by atoms with van der Waals surface area (Å²) < 4.78 is 33.2. The van der Waals surface area contributed by atoms with Crippen LogP contribution in [0.4, 0.5) is 0 Å². The van der Waals surface area contributed by atoms with E-state index in [-0.39, 0.29) is 11.5 Å². The number of ether oxygens (including phenoxy) is 6. The van der Waals surface area contributed by atoms with E-state index < -0.39 is 23.9 Å². The molecule has 0 spiro atoms. The molecule has 6 rings (SSSR count). The first kappa shape index (κ1) is 46.9. The molecule has 0 aliphatic heterocycles. The highest BCUT2D eigenvalue weighted by atomic mass is 16.5. The van der Waals surface area contributed by atoms with Crippen molar-refractivity contribution in [3.63, 3.8) is 0 Å². The molecule has 0 N–H and O–H groups in total. The van der Waals surface area contributed by atoms with Crippen LogP contribution in [0.1, 0.15) is 94.3 Å². The Kier molecular flexibility index (Phi) is 18.0. The van der Waals surface area contributed by atoms with Crippen LogP contribution in [-0.4, -0.2) is 62.7 Å². The Labute approximate surface area is 379 Å². The molecule has 0 radical (unpaired) electrons. The SMILES string of the molecule is C=CC(=O)OCCCCCCOc1ccc(C(=O)Oc2ccc(OC(=O)c3ccc(OCCCCCCOC(=O)C=C)cc3)c(/C=N/N=C/c3ccc4c(c3)Cc3ccccc3-4)c2)cc1. The number of rotatable bonds is 25. The van der Waals surface area contributed by atoms with Crippen LogP contribution in [0.3, 0.4) is 0 Å². The lowest BCUT2D eigenvalue weighted by atomic mass is 10.0. The van der Waals surface area contributed by atoms with Gasteiger partial charge in [-0.05, 0) is 158 Å². The summed E-state index contributed by atoms with van der Waals surface area (Å²) in [5.74, 6) is -0.413. The molecule has 0 saturated heterocycles. The van der Waals surface area contributed by atoms with Crippen molar-refractivity contribution in [3.8, 4) is 34.1 Å². The van der Waals surface area contributed by atoms with Gasteiger partial charge in [-0.15, -0.1) is 0 Å². The van der Waals surface area contributed by atoms with Gasteiger partial charge in [-0.1, -0.05) is 49.6 Å². The minimum atomic E-state index is -0.607. The largest absolute Gasteiger partial charge is 0.494 e. The summed E-state index contributed by atoms with van der Waals surface area (Å²) in [6, 6.07) is 32.5. The van der Waals surface area contributed by atoms with E-state index in [1.807, 2.05) is 18.2 Å². The van der Waals surface area contributed by atoms with E-state index in [0.717, 1.165) is 75.5 Å². The number of nitrogens with zero attached hydrogens (tertiary/aromatic N) is 2. The summed E-state index contributed by atoms with van der Waals surface area (Å²) in [4.78, 5) is 48.9. The van der Waals surface area contributed by atoms with E-state index in [9.17, 15) is 19.2 Å². The molecule has 0 unspecified atom stereocenters. The summed E-state index contributed by atoms with van der Waals surface area (Å²) >= 11 is 0. The minimum absolute atomic E-state index is 0.182. The topological polar surface area (TPSA) is 148 Å². The monoisotopic (exact) mass is 876 g/mol. The van der Waals surface area contributed by atoms with Gasteiger partial charge in [0.15, 0.2) is 0 Å². The number of hydrogen-bond donors (Lipinski definition) is 0. The molecule has 5 aromatic rings. The van der Waals surface area contributed by atoms with Crippen LogP contribution in [0.15, 0.2) is 145 Å². The Bertz CT molecular complexity index is 2490. The van der Waals surface area contributed by atoms with Gasteiger partial charge in [0.2, 0.25) is 0 Å². The summed E-state index contributed by atoms with van der Waals surface area (Å²) in [5, 5.41) is 8.56. The molecular formula is C53H52N2O10. The smallest absolute Gasteiger partial charge is 0.343 e. The fraction of sp³-hybridized carbons (Fsp3) is 0.245. The second-order valence-corrected chi connectivity index (χ2v) is 15.0. The molecule has 0 fully saturated rings. The van der Waals surface area contributed by atoms with E-state index >= 15 is 0 Å². The molecule has 0 amide bonds. The molecule has 5 aromatic carbocycles. The third-order valence-electron chi connectivity index (χ3n) is 10.3. The number of fused-ring (bicyclic) bond motifs is 3. The molecule has 12 nitrogen and oxygen atoms in total. The first-order chi connectivity index (χ1) is 31.8. The second kappa shape index (κ2) is 24.9. The molecule has 0 saturated carbocycles. The first-order valence-electron chi connectivity index (χ1n) is 21.7. The minimum Gasteiger partial charge on any atom is -0.494 e. The summed E-state index contributed by atoms with van der Waals surface area (Å²) in [6.45, 7) is 8.51. The molecular weight excluding hydrogens is 825 g/mol. The summed E-state index contributed by atoms with van der Waals surface area (Å²) in [5.41, 5.74) is 6.82. The van der Waals surface area contributed by atoms with Crippen molar-refractivity contribution in [1.29, 1.82) is 0 Å². The van der Waals surface area contributed by atoms with Crippen molar-refractivity contribution in [1.82, 2.24) is 0 Å². The van der Waals surface area contributed by atoms with E-state index in [4.69, 9.17) is 28.4 Å². The van der Waals surface area contributed by atoms with Gasteiger partial charge < -0.3 is 28.4 Å². The lowest BCUT2D eigenvalue weighted by molar-refractivity contribution is -0.138. The van der Waals surface area contributed by atoms with Gasteiger partial charge in [-0.3, -0.25) is 0 Å². The third-order valence-corrected chi connectivity index (χ3v) is 10.3. The highest BCUT2D eigenvalue weighted by molar-refractivity contribution is 5.95. The Balaban J connectivity index is 1.05. The lowest BCUT2D eigenvalue weighted by Crippen LogP contribution is -2.11. The summed E-state index contributed by atoms with van der Waals surface area (Å²) in [7, 11) is 0. The zero-order chi connectivity index (χ0) is 45.6. The highest BCUT2D eigenvalue weighted by Gasteiger charge is 2.18. The zero-order valence-corrected chi connectivity index (χ0v) is 36.3. The van der Waals surface area contributed by atoms with Crippen molar-refractivity contribution in [2.45, 2.75) is 57.8 Å². The van der Waals surface area contributed by atoms with Crippen molar-refractivity contribution in [2.75, 3.05) is 26.4 Å². The van der Waals surface area contributed by atoms with Crippen molar-refractivity contribution in [2.24, 2.45) is 10.2 Å². The van der Waals surface area contributed by atoms with E-state index in [0.29, 0.717) is 54.6 Å². The number of carbonyl (C=O) groups excluding carboxylic acids is 4. The van der Waals surface area contributed by atoms with Crippen LogP contribution >= 0.6 is 0 Å². The van der Waals surface area contributed by atoms with E-state index in [1.165, 1.54) is 40.6 Å². The predicted octanol–water partition coefficient (Wildman–Crippen LogP) is 10.5. The molecule has 0 heterocycles. The van der Waals surface area contributed by atoms with Gasteiger partial charge in [0.25, 0.3) is 0 Å². The quantitative estimate of drug-likeness (QED) is 0.0136. The maximum absolute atomic E-state index is 13.4. The molecule has 65 heavy (non-hydrogen) atoms. The first-order valence-corrected chi connectivity index (χ1v) is 21.7. The average molecular weight is 877 g/mol. The van der Waals surface area contributed by atoms with Gasteiger partial charge >= 0.3 is 23.9 Å². The normalized spacial score (nSPS) is 11.4. The highest BCUT2D eigenvalue weighted by Crippen LogP contribution is 2.36. The maximum atomic E-state index is 13.4. The number of benzene rings is 5. The van der Waals surface area contributed by atoms with Gasteiger partial charge in [0.05, 0.1) is 50.0 Å². The van der Waals surface area contributed by atoms with Crippen LogP contribution in [0.2, 0.25) is 0 Å². The van der Waals surface area contributed by atoms with Gasteiger partial charge in [0.1, 0.15) is 23.0 Å². The third kappa shape index (κ3) is 14.7. The van der Waals surface area contributed by atoms with Crippen LogP contribution in [0, 0.1) is 0 Å². The average Bonchev–Trinajstić information content (AvgIpc) is 3.70. The molecule has 334 valence electrons. The number of hydrogen-bond acceptors (Lipinski definition) is 12. The second-order valence-electron chi connectivity index (χ2n) is 15.0. The molecule has 12 heteroatoms. The molecule has 0 atom stereocenters. The molecule has 0 bridgehead atoms. The maximum Gasteiger partial charge on any atom is 0.343 e.